The smallest absolute Gasteiger partial charge is 0.314 e. The van der Waals surface area contributed by atoms with Crippen LogP contribution in [-0.4, -0.2) is 170 Å². The first-order valence-electron chi connectivity index (χ1n) is 24.4. The molecular formula is C47H74O18. The monoisotopic (exact) mass is 926 g/mol. The largest absolute Gasteiger partial charge is 0.431 e. The molecule has 0 radical (unpaired) electrons. The fraction of sp³-hybridized carbons (Fsp3) is 0.936. The Bertz CT molecular complexity index is 1680. The lowest BCUT2D eigenvalue weighted by molar-refractivity contribution is -0.355. The topological polar surface area (TPSA) is 262 Å². The van der Waals surface area contributed by atoms with Gasteiger partial charge in [-0.15, -0.1) is 0 Å². The van der Waals surface area contributed by atoms with Gasteiger partial charge in [-0.05, 0) is 108 Å². The lowest BCUT2D eigenvalue weighted by Crippen LogP contribution is -2.62. The third kappa shape index (κ3) is 8.79. The third-order valence-corrected chi connectivity index (χ3v) is 17.9. The highest BCUT2D eigenvalue weighted by atomic mass is 16.8. The molecule has 0 aromatic heterocycles. The van der Waals surface area contributed by atoms with E-state index < -0.39 is 117 Å². The molecule has 9 aliphatic rings. The predicted octanol–water partition coefficient (Wildman–Crippen LogP) is 1.42. The predicted molar refractivity (Wildman–Crippen MR) is 224 cm³/mol. The maximum atomic E-state index is 12.6. The summed E-state index contributed by atoms with van der Waals surface area (Å²) in [4.78, 5) is 12.0. The van der Waals surface area contributed by atoms with E-state index in [0.29, 0.717) is 18.3 Å². The number of aliphatic hydroxyl groups is 8. The number of aliphatic hydroxyl groups excluding tert-OH is 7. The molecule has 18 heteroatoms. The summed E-state index contributed by atoms with van der Waals surface area (Å²) in [7, 11) is 0. The van der Waals surface area contributed by atoms with E-state index in [2.05, 4.69) is 13.8 Å². The van der Waals surface area contributed by atoms with Gasteiger partial charge in [-0.2, -0.15) is 0 Å². The van der Waals surface area contributed by atoms with Crippen molar-refractivity contribution >= 4 is 5.97 Å². The molecule has 5 aliphatic heterocycles. The standard InChI is InChI=1S/C47H74O18/c1-21-41(63-36-18-30(50)42(22(2)58-36)64-37-19-31(51)43(23(3)59-37)65-44-40(55)39(54)38(53)33(20-48)62-44)29(49)17-35(57-21)60-25-10-13-45(4)24(16-25)6-7-27-26(45)11-14-46(5)28(12-15-47(27,46)56)32-8-9-34(52)61-32/h8,21-31,33,35-44,48-51,53-56H,6-7,9-20H2,1-5H3/t21-,22-,23-,24-,25+,26?,27?,28-,29+,30+,31+,33-,35+,36+,37+,38-,39+,40-,41-,42-,43-,44+,45+,46-,47+/m1/s1. The van der Waals surface area contributed by atoms with Crippen LogP contribution in [0.25, 0.3) is 0 Å². The molecule has 9 rings (SSSR count). The van der Waals surface area contributed by atoms with Gasteiger partial charge in [0, 0.05) is 30.6 Å². The van der Waals surface area contributed by atoms with Gasteiger partial charge in [-0.25, -0.2) is 0 Å². The molecule has 8 N–H and O–H groups in total. The summed E-state index contributed by atoms with van der Waals surface area (Å²) >= 11 is 0. The molecule has 4 aliphatic carbocycles. The zero-order valence-corrected chi connectivity index (χ0v) is 38.3. The summed E-state index contributed by atoms with van der Waals surface area (Å²) in [6.07, 6.45) is -6.90. The maximum absolute atomic E-state index is 12.6. The molecule has 4 saturated heterocycles. The Kier molecular flexibility index (Phi) is 14.0. The lowest BCUT2D eigenvalue weighted by atomic mass is 9.43. The first kappa shape index (κ1) is 48.6. The quantitative estimate of drug-likeness (QED) is 0.114. The number of cyclic esters (lactones) is 1. The van der Waals surface area contributed by atoms with E-state index in [1.165, 1.54) is 0 Å². The summed E-state index contributed by atoms with van der Waals surface area (Å²) in [5.74, 6) is 1.73. The second kappa shape index (κ2) is 18.7. The van der Waals surface area contributed by atoms with Crippen molar-refractivity contribution in [3.8, 4) is 0 Å². The zero-order chi connectivity index (χ0) is 46.3. The molecule has 0 amide bonds. The number of hydrogen-bond acceptors (Lipinski definition) is 18. The van der Waals surface area contributed by atoms with Crippen molar-refractivity contribution in [3.63, 3.8) is 0 Å². The summed E-state index contributed by atoms with van der Waals surface area (Å²) in [6, 6.07) is 0. The molecule has 5 heterocycles. The lowest BCUT2D eigenvalue weighted by Gasteiger charge is -2.63. The Morgan fingerprint density at radius 2 is 1.23 bits per heavy atom. The second-order valence-electron chi connectivity index (χ2n) is 21.5. The van der Waals surface area contributed by atoms with Crippen molar-refractivity contribution in [3.05, 3.63) is 11.8 Å². The first-order chi connectivity index (χ1) is 30.8. The third-order valence-electron chi connectivity index (χ3n) is 17.9. The van der Waals surface area contributed by atoms with Crippen LogP contribution in [0.3, 0.4) is 0 Å². The van der Waals surface area contributed by atoms with Crippen molar-refractivity contribution in [1.29, 1.82) is 0 Å². The highest BCUT2D eigenvalue weighted by Gasteiger charge is 2.68. The normalized spacial score (nSPS) is 54.8. The summed E-state index contributed by atoms with van der Waals surface area (Å²) in [5.41, 5.74) is -1.01. The minimum absolute atomic E-state index is 0.0176. The average molecular weight is 927 g/mol. The minimum Gasteiger partial charge on any atom is -0.431 e. The molecular weight excluding hydrogens is 852 g/mol. The van der Waals surface area contributed by atoms with Crippen LogP contribution in [0, 0.1) is 34.5 Å². The molecule has 0 bridgehead atoms. The maximum Gasteiger partial charge on any atom is 0.314 e. The SMILES string of the molecule is C[C@H]1O[C@@H](O[C@H]2CC[C@]3(C)C4CC[C@]5(C)[C@@H](C6=CCC(=O)O6)CC[C@]5(O)C4CC[C@@H]3C2)C[C@H](O)[C@@H]1O[C@H]1C[C@H](O)[C@H](O[C@H]2C[C@H](O)[C@H](O[C@@H]3O[C@H](CO)[C@@H](O)[C@H](O)[C@H]3O)[C@@H](C)O2)[C@@H](C)O1. The molecule has 0 aromatic carbocycles. The highest BCUT2D eigenvalue weighted by molar-refractivity contribution is 5.75. The van der Waals surface area contributed by atoms with Crippen LogP contribution in [0.5, 0.6) is 0 Å². The van der Waals surface area contributed by atoms with E-state index in [-0.39, 0.29) is 54.0 Å². The molecule has 0 spiro atoms. The van der Waals surface area contributed by atoms with Crippen molar-refractivity contribution in [2.75, 3.05) is 6.61 Å². The molecule has 4 saturated carbocycles. The number of allylic oxidation sites excluding steroid dienone is 1. The van der Waals surface area contributed by atoms with Crippen molar-refractivity contribution < 1.29 is 88.3 Å². The Hall–Kier alpha value is -1.43. The number of fused-ring (bicyclic) bond motifs is 5. The second-order valence-corrected chi connectivity index (χ2v) is 21.5. The molecule has 18 nitrogen and oxygen atoms in total. The van der Waals surface area contributed by atoms with Gasteiger partial charge >= 0.3 is 5.97 Å². The Morgan fingerprint density at radius 1 is 0.646 bits per heavy atom. The fourth-order valence-corrected chi connectivity index (χ4v) is 14.2. The van der Waals surface area contributed by atoms with E-state index in [1.807, 2.05) is 13.0 Å². The first-order valence-corrected chi connectivity index (χ1v) is 24.4. The van der Waals surface area contributed by atoms with E-state index in [9.17, 15) is 45.6 Å². The van der Waals surface area contributed by atoms with Crippen LogP contribution in [-0.2, 0) is 47.4 Å². The number of carbonyl (C=O) groups excluding carboxylic acids is 1. The van der Waals surface area contributed by atoms with E-state index in [1.54, 1.807) is 13.8 Å². The zero-order valence-electron chi connectivity index (χ0n) is 38.3. The molecule has 25 atom stereocenters. The van der Waals surface area contributed by atoms with Crippen molar-refractivity contribution in [1.82, 2.24) is 0 Å². The fourth-order valence-electron chi connectivity index (χ4n) is 14.2. The van der Waals surface area contributed by atoms with Gasteiger partial charge < -0.3 is 83.5 Å². The number of hydrogen-bond donors (Lipinski definition) is 8. The van der Waals surface area contributed by atoms with E-state index in [0.717, 1.165) is 63.5 Å². The van der Waals surface area contributed by atoms with E-state index >= 15 is 0 Å². The Balaban J connectivity index is 0.730. The van der Waals surface area contributed by atoms with Crippen LogP contribution in [0.2, 0.25) is 0 Å². The molecule has 8 fully saturated rings. The van der Waals surface area contributed by atoms with Crippen LogP contribution in [0.4, 0.5) is 0 Å². The number of rotatable bonds is 10. The van der Waals surface area contributed by atoms with E-state index in [4.69, 9.17) is 42.6 Å². The number of esters is 1. The van der Waals surface area contributed by atoms with Crippen molar-refractivity contribution in [2.24, 2.45) is 34.5 Å². The van der Waals surface area contributed by atoms with Gasteiger partial charge in [0.2, 0.25) is 0 Å². The summed E-state index contributed by atoms with van der Waals surface area (Å²) in [5, 5.41) is 86.5. The highest BCUT2D eigenvalue weighted by Crippen LogP contribution is 2.70. The summed E-state index contributed by atoms with van der Waals surface area (Å²) in [6.45, 7) is 9.23. The van der Waals surface area contributed by atoms with Gasteiger partial charge in [0.25, 0.3) is 0 Å². The summed E-state index contributed by atoms with van der Waals surface area (Å²) < 4.78 is 54.4. The van der Waals surface area contributed by atoms with Gasteiger partial charge in [0.05, 0.1) is 61.4 Å². The molecule has 2 unspecified atom stereocenters. The molecule has 370 valence electrons. The van der Waals surface area contributed by atoms with Crippen molar-refractivity contribution in [2.45, 2.75) is 234 Å². The molecule has 65 heavy (non-hydrogen) atoms. The molecule has 0 aromatic rings. The van der Waals surface area contributed by atoms with Gasteiger partial charge in [-0.3, -0.25) is 4.79 Å². The Morgan fingerprint density at radius 3 is 1.78 bits per heavy atom. The van der Waals surface area contributed by atoms with Crippen LogP contribution >= 0.6 is 0 Å². The van der Waals surface area contributed by atoms with Crippen LogP contribution in [0.1, 0.15) is 118 Å². The van der Waals surface area contributed by atoms with Gasteiger partial charge in [0.15, 0.2) is 25.2 Å². The Labute approximate surface area is 380 Å². The average Bonchev–Trinajstić information content (AvgIpc) is 3.80. The van der Waals surface area contributed by atoms with Gasteiger partial charge in [0.1, 0.15) is 48.5 Å². The minimum atomic E-state index is -1.64. The van der Waals surface area contributed by atoms with Crippen LogP contribution < -0.4 is 0 Å². The van der Waals surface area contributed by atoms with Crippen LogP contribution in [0.15, 0.2) is 11.8 Å². The number of carbonyl (C=O) groups is 1. The number of ether oxygens (including phenoxy) is 9. The van der Waals surface area contributed by atoms with Gasteiger partial charge in [-0.1, -0.05) is 13.8 Å².